The van der Waals surface area contributed by atoms with Crippen LogP contribution in [0.4, 0.5) is 17.2 Å². The SMILES string of the molecule is Cn1cc(CC(=O)Nc2cccc(Nc3ncnc4[nH]cc(C(=O)c5ccccc5)c34)c2)c2ccccc21. The molecule has 3 aromatic heterocycles. The second-order valence-corrected chi connectivity index (χ2v) is 9.06. The van der Waals surface area contributed by atoms with Crippen LogP contribution in [0.15, 0.2) is 97.6 Å². The third kappa shape index (κ3) is 4.39. The lowest BCUT2D eigenvalue weighted by atomic mass is 10.0. The van der Waals surface area contributed by atoms with E-state index in [1.54, 1.807) is 18.3 Å². The van der Waals surface area contributed by atoms with Gasteiger partial charge >= 0.3 is 0 Å². The van der Waals surface area contributed by atoms with Crippen LogP contribution in [0, 0.1) is 0 Å². The molecule has 6 rings (SSSR count). The number of aromatic amines is 1. The number of aromatic nitrogens is 4. The Morgan fingerprint density at radius 3 is 2.58 bits per heavy atom. The minimum atomic E-state index is -0.121. The number of ketones is 1. The maximum atomic E-state index is 13.2. The molecule has 0 aliphatic rings. The summed E-state index contributed by atoms with van der Waals surface area (Å²) in [6, 6.07) is 24.5. The number of anilines is 3. The van der Waals surface area contributed by atoms with E-state index < -0.39 is 0 Å². The number of H-pyrrole nitrogens is 1. The van der Waals surface area contributed by atoms with E-state index in [9.17, 15) is 9.59 Å². The Labute approximate surface area is 218 Å². The van der Waals surface area contributed by atoms with E-state index in [4.69, 9.17) is 0 Å². The topological polar surface area (TPSA) is 105 Å². The predicted octanol–water partition coefficient (Wildman–Crippen LogP) is 5.61. The van der Waals surface area contributed by atoms with Gasteiger partial charge in [-0.05, 0) is 29.8 Å². The number of aryl methyl sites for hydroxylation is 1. The number of carbonyl (C=O) groups excluding carboxylic acids is 2. The largest absolute Gasteiger partial charge is 0.350 e. The molecule has 0 aliphatic carbocycles. The zero-order chi connectivity index (χ0) is 26.1. The molecule has 8 heteroatoms. The fraction of sp³-hybridized carbons (Fsp3) is 0.0667. The summed E-state index contributed by atoms with van der Waals surface area (Å²) in [5.74, 6) is 0.267. The molecule has 3 heterocycles. The first-order valence-corrected chi connectivity index (χ1v) is 12.2. The van der Waals surface area contributed by atoms with Gasteiger partial charge in [-0.15, -0.1) is 0 Å². The number of amides is 1. The van der Waals surface area contributed by atoms with Crippen LogP contribution in [0.25, 0.3) is 21.9 Å². The lowest BCUT2D eigenvalue weighted by molar-refractivity contribution is -0.115. The van der Waals surface area contributed by atoms with E-state index in [0.29, 0.717) is 39.4 Å². The van der Waals surface area contributed by atoms with E-state index in [2.05, 4.69) is 25.6 Å². The Morgan fingerprint density at radius 2 is 1.71 bits per heavy atom. The first-order valence-electron chi connectivity index (χ1n) is 12.2. The summed E-state index contributed by atoms with van der Waals surface area (Å²) >= 11 is 0. The third-order valence-electron chi connectivity index (χ3n) is 6.49. The van der Waals surface area contributed by atoms with Crippen molar-refractivity contribution in [3.8, 4) is 0 Å². The van der Waals surface area contributed by atoms with Crippen LogP contribution in [0.3, 0.4) is 0 Å². The second kappa shape index (κ2) is 9.67. The van der Waals surface area contributed by atoms with Crippen LogP contribution < -0.4 is 10.6 Å². The highest BCUT2D eigenvalue weighted by Gasteiger charge is 2.19. The second-order valence-electron chi connectivity index (χ2n) is 9.06. The van der Waals surface area contributed by atoms with Crippen LogP contribution in [0.1, 0.15) is 21.5 Å². The Balaban J connectivity index is 1.23. The molecule has 0 fully saturated rings. The summed E-state index contributed by atoms with van der Waals surface area (Å²) in [5, 5.41) is 7.96. The number of nitrogens with one attached hydrogen (secondary N) is 3. The molecule has 3 N–H and O–H groups in total. The zero-order valence-electron chi connectivity index (χ0n) is 20.6. The fourth-order valence-corrected chi connectivity index (χ4v) is 4.74. The average molecular weight is 501 g/mol. The van der Waals surface area contributed by atoms with E-state index in [1.807, 2.05) is 84.5 Å². The van der Waals surface area contributed by atoms with Crippen LogP contribution in [-0.2, 0) is 18.3 Å². The molecule has 0 unspecified atom stereocenters. The zero-order valence-corrected chi connectivity index (χ0v) is 20.6. The van der Waals surface area contributed by atoms with Crippen molar-refractivity contribution in [1.82, 2.24) is 19.5 Å². The Bertz CT molecular complexity index is 1800. The highest BCUT2D eigenvalue weighted by atomic mass is 16.1. The summed E-state index contributed by atoms with van der Waals surface area (Å²) in [4.78, 5) is 37.8. The molecule has 0 atom stereocenters. The Kier molecular flexibility index (Phi) is 5.89. The first-order chi connectivity index (χ1) is 18.6. The smallest absolute Gasteiger partial charge is 0.228 e. The lowest BCUT2D eigenvalue weighted by Crippen LogP contribution is -2.14. The third-order valence-corrected chi connectivity index (χ3v) is 6.49. The number of nitrogens with zero attached hydrogens (tertiary/aromatic N) is 3. The summed E-state index contributed by atoms with van der Waals surface area (Å²) < 4.78 is 2.03. The Hall–Kier alpha value is -5.24. The van der Waals surface area contributed by atoms with Gasteiger partial charge in [0.25, 0.3) is 0 Å². The molecule has 6 aromatic rings. The number of fused-ring (bicyclic) bond motifs is 2. The quantitative estimate of drug-likeness (QED) is 0.247. The molecule has 0 saturated heterocycles. The van der Waals surface area contributed by atoms with Crippen molar-refractivity contribution in [3.63, 3.8) is 0 Å². The van der Waals surface area contributed by atoms with Gasteiger partial charge in [-0.25, -0.2) is 9.97 Å². The van der Waals surface area contributed by atoms with Crippen molar-refractivity contribution >= 4 is 50.8 Å². The average Bonchev–Trinajstić information content (AvgIpc) is 3.51. The molecule has 38 heavy (non-hydrogen) atoms. The maximum absolute atomic E-state index is 13.2. The highest BCUT2D eigenvalue weighted by molar-refractivity contribution is 6.18. The van der Waals surface area contributed by atoms with Gasteiger partial charge in [0.1, 0.15) is 17.8 Å². The molecule has 0 bridgehead atoms. The number of carbonyl (C=O) groups is 2. The van der Waals surface area contributed by atoms with E-state index in [0.717, 1.165) is 16.5 Å². The number of hydrogen-bond acceptors (Lipinski definition) is 5. The molecule has 3 aromatic carbocycles. The number of hydrogen-bond donors (Lipinski definition) is 3. The molecule has 186 valence electrons. The molecule has 0 saturated carbocycles. The number of rotatable bonds is 7. The summed E-state index contributed by atoms with van der Waals surface area (Å²) in [7, 11) is 1.98. The number of para-hydroxylation sites is 1. The van der Waals surface area contributed by atoms with Gasteiger partial charge in [0.05, 0.1) is 17.4 Å². The standard InChI is InChI=1S/C30H24N6O2/c1-36-17-20(23-12-5-6-13-25(23)36)14-26(37)34-21-10-7-11-22(15-21)35-30-27-24(16-31-29(27)32-18-33-30)28(38)19-8-3-2-4-9-19/h2-13,15-18H,14H2,1H3,(H,34,37)(H2,31,32,33,35). The van der Waals surface area contributed by atoms with Crippen molar-refractivity contribution in [2.75, 3.05) is 10.6 Å². The molecular formula is C30H24N6O2. The fourth-order valence-electron chi connectivity index (χ4n) is 4.74. The van der Waals surface area contributed by atoms with Gasteiger partial charge in [-0.3, -0.25) is 9.59 Å². The normalized spacial score (nSPS) is 11.1. The monoisotopic (exact) mass is 500 g/mol. The van der Waals surface area contributed by atoms with E-state index >= 15 is 0 Å². The van der Waals surface area contributed by atoms with Gasteiger partial charge in [0.2, 0.25) is 5.91 Å². The van der Waals surface area contributed by atoms with Gasteiger partial charge in [0, 0.05) is 47.3 Å². The lowest BCUT2D eigenvalue weighted by Gasteiger charge is -2.10. The van der Waals surface area contributed by atoms with Crippen molar-refractivity contribution in [2.45, 2.75) is 6.42 Å². The molecule has 0 aliphatic heterocycles. The van der Waals surface area contributed by atoms with Crippen LogP contribution >= 0.6 is 0 Å². The molecule has 1 amide bonds. The van der Waals surface area contributed by atoms with Gasteiger partial charge in [-0.1, -0.05) is 54.6 Å². The molecule has 0 radical (unpaired) electrons. The first kappa shape index (κ1) is 23.2. The van der Waals surface area contributed by atoms with Gasteiger partial charge < -0.3 is 20.2 Å². The summed E-state index contributed by atoms with van der Waals surface area (Å²) in [5.41, 5.74) is 5.05. The van der Waals surface area contributed by atoms with E-state index in [-0.39, 0.29) is 18.1 Å². The highest BCUT2D eigenvalue weighted by Crippen LogP contribution is 2.29. The van der Waals surface area contributed by atoms with Crippen LogP contribution in [0.2, 0.25) is 0 Å². The predicted molar refractivity (Wildman–Crippen MR) is 149 cm³/mol. The van der Waals surface area contributed by atoms with Crippen LogP contribution in [0.5, 0.6) is 0 Å². The van der Waals surface area contributed by atoms with E-state index in [1.165, 1.54) is 6.33 Å². The van der Waals surface area contributed by atoms with Crippen molar-refractivity contribution in [2.24, 2.45) is 7.05 Å². The number of benzene rings is 3. The molecule has 8 nitrogen and oxygen atoms in total. The molecular weight excluding hydrogens is 476 g/mol. The molecule has 0 spiro atoms. The minimum absolute atomic E-state index is 0.107. The summed E-state index contributed by atoms with van der Waals surface area (Å²) in [6.45, 7) is 0. The Morgan fingerprint density at radius 1 is 0.921 bits per heavy atom. The van der Waals surface area contributed by atoms with Crippen molar-refractivity contribution in [3.05, 3.63) is 114 Å². The summed E-state index contributed by atoms with van der Waals surface area (Å²) in [6.07, 6.45) is 5.35. The maximum Gasteiger partial charge on any atom is 0.228 e. The van der Waals surface area contributed by atoms with Gasteiger partial charge in [-0.2, -0.15) is 0 Å². The van der Waals surface area contributed by atoms with Crippen molar-refractivity contribution < 1.29 is 9.59 Å². The van der Waals surface area contributed by atoms with Crippen LogP contribution in [-0.4, -0.2) is 31.2 Å². The van der Waals surface area contributed by atoms with Gasteiger partial charge in [0.15, 0.2) is 5.78 Å². The minimum Gasteiger partial charge on any atom is -0.350 e. The van der Waals surface area contributed by atoms with Crippen molar-refractivity contribution in [1.29, 1.82) is 0 Å².